The highest BCUT2D eigenvalue weighted by Gasteiger charge is 2.46. The first-order valence-corrected chi connectivity index (χ1v) is 13.4. The number of carbonyl (C=O) groups is 2. The third kappa shape index (κ3) is 5.04. The highest BCUT2D eigenvalue weighted by Crippen LogP contribution is 2.40. The summed E-state index contributed by atoms with van der Waals surface area (Å²) in [7, 11) is 0. The van der Waals surface area contributed by atoms with Gasteiger partial charge < -0.3 is 19.1 Å². The van der Waals surface area contributed by atoms with Crippen molar-refractivity contribution in [2.45, 2.75) is 46.1 Å². The molecule has 1 N–H and O–H groups in total. The van der Waals surface area contributed by atoms with Crippen molar-refractivity contribution in [3.05, 3.63) is 107 Å². The highest BCUT2D eigenvalue weighted by atomic mass is 16.5. The van der Waals surface area contributed by atoms with E-state index >= 15 is 0 Å². The number of ketones is 1. The van der Waals surface area contributed by atoms with Crippen LogP contribution in [0, 0.1) is 13.8 Å². The van der Waals surface area contributed by atoms with Crippen molar-refractivity contribution in [3.8, 4) is 5.75 Å². The second kappa shape index (κ2) is 11.2. The monoisotopic (exact) mass is 523 g/mol. The number of aliphatic hydroxyl groups is 1. The Labute approximate surface area is 228 Å². The van der Waals surface area contributed by atoms with Crippen molar-refractivity contribution in [2.75, 3.05) is 13.2 Å². The van der Waals surface area contributed by atoms with E-state index in [2.05, 4.69) is 11.9 Å². The standard InChI is InChI=1S/C32H33N3O4/c1-4-5-19-39-25-15-9-14-24(20-25)28-26(29(36)27-22(3)34-17-10-11-21(2)31(34)33-27)30(37)32(38)35(28)18-16-23-12-7-6-8-13-23/h6-15,17,20,28,36H,4-5,16,18-19H2,1-3H3. The number of unbranched alkanes of at least 4 members (excludes halogenated alkanes) is 1. The summed E-state index contributed by atoms with van der Waals surface area (Å²) in [6, 6.07) is 20.4. The smallest absolute Gasteiger partial charge is 0.295 e. The molecule has 7 nitrogen and oxygen atoms in total. The number of Topliss-reactive ketones (excluding diaryl/α,β-unsaturated/α-hetero) is 1. The Kier molecular flexibility index (Phi) is 7.50. The minimum Gasteiger partial charge on any atom is -0.505 e. The van der Waals surface area contributed by atoms with Crippen LogP contribution in [-0.4, -0.2) is 44.2 Å². The molecule has 39 heavy (non-hydrogen) atoms. The van der Waals surface area contributed by atoms with Crippen LogP contribution >= 0.6 is 0 Å². The van der Waals surface area contributed by atoms with Gasteiger partial charge in [-0.25, -0.2) is 4.98 Å². The molecule has 1 aliphatic heterocycles. The summed E-state index contributed by atoms with van der Waals surface area (Å²) in [5.74, 6) is -0.948. The van der Waals surface area contributed by atoms with E-state index in [-0.39, 0.29) is 11.3 Å². The Morgan fingerprint density at radius 1 is 1.03 bits per heavy atom. The first kappa shape index (κ1) is 26.2. The van der Waals surface area contributed by atoms with Crippen molar-refractivity contribution in [1.82, 2.24) is 14.3 Å². The zero-order chi connectivity index (χ0) is 27.5. The van der Waals surface area contributed by atoms with Crippen LogP contribution in [0.2, 0.25) is 0 Å². The lowest BCUT2D eigenvalue weighted by Crippen LogP contribution is -2.31. The molecule has 0 bridgehead atoms. The number of benzene rings is 2. The predicted molar refractivity (Wildman–Crippen MR) is 151 cm³/mol. The fraction of sp³-hybridized carbons (Fsp3) is 0.281. The van der Waals surface area contributed by atoms with Gasteiger partial charge in [-0.05, 0) is 61.6 Å². The van der Waals surface area contributed by atoms with Crippen molar-refractivity contribution < 1.29 is 19.4 Å². The molecule has 2 aromatic carbocycles. The maximum Gasteiger partial charge on any atom is 0.295 e. The maximum absolute atomic E-state index is 13.5. The fourth-order valence-electron chi connectivity index (χ4n) is 5.13. The molecule has 7 heteroatoms. The predicted octanol–water partition coefficient (Wildman–Crippen LogP) is 5.79. The lowest BCUT2D eigenvalue weighted by Gasteiger charge is -2.25. The number of pyridine rings is 1. The van der Waals surface area contributed by atoms with Gasteiger partial charge in [0.1, 0.15) is 17.1 Å². The average Bonchev–Trinajstić information content (AvgIpc) is 3.42. The Bertz CT molecular complexity index is 1550. The minimum atomic E-state index is -0.770. The van der Waals surface area contributed by atoms with E-state index in [4.69, 9.17) is 4.74 Å². The first-order chi connectivity index (χ1) is 18.9. The van der Waals surface area contributed by atoms with Gasteiger partial charge in [-0.3, -0.25) is 9.59 Å². The van der Waals surface area contributed by atoms with Gasteiger partial charge in [0.05, 0.1) is 23.9 Å². The van der Waals surface area contributed by atoms with E-state index in [1.54, 1.807) is 4.90 Å². The second-order valence-electron chi connectivity index (χ2n) is 9.93. The van der Waals surface area contributed by atoms with E-state index in [0.29, 0.717) is 47.9 Å². The first-order valence-electron chi connectivity index (χ1n) is 13.4. The van der Waals surface area contributed by atoms with E-state index < -0.39 is 17.7 Å². The van der Waals surface area contributed by atoms with Gasteiger partial charge in [0.25, 0.3) is 11.7 Å². The van der Waals surface area contributed by atoms with E-state index in [1.165, 1.54) is 0 Å². The molecular formula is C32H33N3O4. The van der Waals surface area contributed by atoms with Crippen LogP contribution in [0.4, 0.5) is 0 Å². The fourth-order valence-corrected chi connectivity index (χ4v) is 5.13. The molecule has 1 atom stereocenters. The van der Waals surface area contributed by atoms with Crippen LogP contribution in [0.1, 0.15) is 53.9 Å². The lowest BCUT2D eigenvalue weighted by atomic mass is 9.96. The van der Waals surface area contributed by atoms with E-state index in [0.717, 1.165) is 24.0 Å². The molecule has 0 radical (unpaired) electrons. The molecule has 1 saturated heterocycles. The number of carbonyl (C=O) groups excluding carboxylic acids is 2. The molecule has 1 fully saturated rings. The molecule has 1 unspecified atom stereocenters. The Balaban J connectivity index is 1.61. The molecule has 200 valence electrons. The molecule has 1 amide bonds. The molecule has 2 aromatic heterocycles. The van der Waals surface area contributed by atoms with Gasteiger partial charge in [-0.2, -0.15) is 0 Å². The van der Waals surface area contributed by atoms with Crippen molar-refractivity contribution in [3.63, 3.8) is 0 Å². The van der Waals surface area contributed by atoms with Crippen molar-refractivity contribution >= 4 is 23.1 Å². The summed E-state index contributed by atoms with van der Waals surface area (Å²) >= 11 is 0. The number of ether oxygens (including phenoxy) is 1. The van der Waals surface area contributed by atoms with Gasteiger partial charge in [0.2, 0.25) is 0 Å². The molecule has 3 heterocycles. The van der Waals surface area contributed by atoms with Crippen LogP contribution in [0.15, 0.2) is 78.5 Å². The number of aryl methyl sites for hydroxylation is 2. The summed E-state index contributed by atoms with van der Waals surface area (Å²) in [5.41, 5.74) is 4.43. The number of hydrogen-bond acceptors (Lipinski definition) is 5. The number of nitrogens with zero attached hydrogens (tertiary/aromatic N) is 3. The Hall–Kier alpha value is -4.39. The molecular weight excluding hydrogens is 490 g/mol. The normalized spacial score (nSPS) is 16.8. The number of aliphatic hydroxyl groups excluding tert-OH is 1. The number of hydrogen-bond donors (Lipinski definition) is 1. The van der Waals surface area contributed by atoms with Gasteiger partial charge >= 0.3 is 0 Å². The topological polar surface area (TPSA) is 84.1 Å². The van der Waals surface area contributed by atoms with Gasteiger partial charge in [0, 0.05) is 12.7 Å². The summed E-state index contributed by atoms with van der Waals surface area (Å²) in [4.78, 5) is 33.2. The van der Waals surface area contributed by atoms with Crippen LogP contribution < -0.4 is 4.74 Å². The number of rotatable bonds is 9. The van der Waals surface area contributed by atoms with Crippen molar-refractivity contribution in [2.24, 2.45) is 0 Å². The largest absolute Gasteiger partial charge is 0.505 e. The molecule has 0 saturated carbocycles. The van der Waals surface area contributed by atoms with Gasteiger partial charge in [0.15, 0.2) is 5.76 Å². The summed E-state index contributed by atoms with van der Waals surface area (Å²) < 4.78 is 7.82. The SMILES string of the molecule is CCCCOc1cccc(C2C(=C(O)c3nc4c(C)cccn4c3C)C(=O)C(=O)N2CCc2ccccc2)c1. The number of imidazole rings is 1. The van der Waals surface area contributed by atoms with E-state index in [1.807, 2.05) is 91.2 Å². The van der Waals surface area contributed by atoms with Crippen LogP contribution in [0.3, 0.4) is 0 Å². The molecule has 4 aromatic rings. The number of fused-ring (bicyclic) bond motifs is 1. The zero-order valence-electron chi connectivity index (χ0n) is 22.6. The minimum absolute atomic E-state index is 0.0444. The summed E-state index contributed by atoms with van der Waals surface area (Å²) in [5, 5.41) is 11.6. The molecule has 0 spiro atoms. The van der Waals surface area contributed by atoms with Crippen molar-refractivity contribution in [1.29, 1.82) is 0 Å². The maximum atomic E-state index is 13.5. The average molecular weight is 524 g/mol. The van der Waals surface area contributed by atoms with Gasteiger partial charge in [-0.1, -0.05) is 61.9 Å². The number of likely N-dealkylation sites (tertiary alicyclic amines) is 1. The molecule has 0 aliphatic carbocycles. The zero-order valence-corrected chi connectivity index (χ0v) is 22.6. The molecule has 1 aliphatic rings. The summed E-state index contributed by atoms with van der Waals surface area (Å²) in [6.07, 6.45) is 4.38. The number of aromatic nitrogens is 2. The summed E-state index contributed by atoms with van der Waals surface area (Å²) in [6.45, 7) is 6.78. The third-order valence-electron chi connectivity index (χ3n) is 7.27. The number of amides is 1. The Morgan fingerprint density at radius 3 is 2.56 bits per heavy atom. The lowest BCUT2D eigenvalue weighted by molar-refractivity contribution is -0.139. The Morgan fingerprint density at radius 2 is 1.82 bits per heavy atom. The quantitative estimate of drug-likeness (QED) is 0.130. The van der Waals surface area contributed by atoms with Crippen LogP contribution in [0.25, 0.3) is 11.4 Å². The van der Waals surface area contributed by atoms with E-state index in [9.17, 15) is 14.7 Å². The second-order valence-corrected chi connectivity index (χ2v) is 9.93. The van der Waals surface area contributed by atoms with Crippen LogP contribution in [0.5, 0.6) is 5.75 Å². The van der Waals surface area contributed by atoms with Crippen LogP contribution in [-0.2, 0) is 16.0 Å². The highest BCUT2D eigenvalue weighted by molar-refractivity contribution is 6.46. The van der Waals surface area contributed by atoms with Gasteiger partial charge in [-0.15, -0.1) is 0 Å². The third-order valence-corrected chi connectivity index (χ3v) is 7.27. The molecule has 5 rings (SSSR count).